The number of likely N-dealkylation sites (tertiary alicyclic amines) is 1. The van der Waals surface area contributed by atoms with Gasteiger partial charge in [-0.15, -0.1) is 0 Å². The number of carbonyl (C=O) groups excluding carboxylic acids is 1. The summed E-state index contributed by atoms with van der Waals surface area (Å²) < 4.78 is 5.66. The van der Waals surface area contributed by atoms with Crippen molar-refractivity contribution in [3.63, 3.8) is 0 Å². The number of piperidine rings is 1. The Bertz CT molecular complexity index is 423. The van der Waals surface area contributed by atoms with Crippen LogP contribution >= 0.6 is 0 Å². The van der Waals surface area contributed by atoms with Crippen LogP contribution in [0.15, 0.2) is 24.3 Å². The molecule has 1 saturated heterocycles. The van der Waals surface area contributed by atoms with Crippen LogP contribution in [-0.4, -0.2) is 30.0 Å². The molecule has 1 fully saturated rings. The van der Waals surface area contributed by atoms with Crippen molar-refractivity contribution < 1.29 is 9.53 Å². The first-order chi connectivity index (χ1) is 9.15. The van der Waals surface area contributed by atoms with Crippen LogP contribution in [0.3, 0.4) is 0 Å². The minimum absolute atomic E-state index is 0.160. The molecule has 0 radical (unpaired) electrons. The highest BCUT2D eigenvalue weighted by molar-refractivity contribution is 5.79. The summed E-state index contributed by atoms with van der Waals surface area (Å²) in [4.78, 5) is 14.2. The normalized spacial score (nSPS) is 15.6. The van der Waals surface area contributed by atoms with Crippen LogP contribution in [0, 0.1) is 0 Å². The fourth-order valence-corrected chi connectivity index (χ4v) is 2.43. The van der Waals surface area contributed by atoms with E-state index in [0.717, 1.165) is 37.2 Å². The SMILES string of the molecule is CC(C)Oc1cccc(CC(=O)N2CCCCC2)c1. The molecule has 3 nitrogen and oxygen atoms in total. The van der Waals surface area contributed by atoms with Gasteiger partial charge in [-0.05, 0) is 50.8 Å². The number of carbonyl (C=O) groups is 1. The maximum Gasteiger partial charge on any atom is 0.226 e. The zero-order valence-electron chi connectivity index (χ0n) is 11.9. The Morgan fingerprint density at radius 2 is 2.00 bits per heavy atom. The Balaban J connectivity index is 1.96. The zero-order chi connectivity index (χ0) is 13.7. The van der Waals surface area contributed by atoms with E-state index in [1.165, 1.54) is 6.42 Å². The average Bonchev–Trinajstić information content (AvgIpc) is 2.39. The van der Waals surface area contributed by atoms with Crippen molar-refractivity contribution in [1.82, 2.24) is 4.90 Å². The minimum atomic E-state index is 0.160. The van der Waals surface area contributed by atoms with Crippen LogP contribution in [0.2, 0.25) is 0 Å². The van der Waals surface area contributed by atoms with E-state index in [0.29, 0.717) is 6.42 Å². The first-order valence-corrected chi connectivity index (χ1v) is 7.18. The second-order valence-corrected chi connectivity index (χ2v) is 5.43. The van der Waals surface area contributed by atoms with E-state index in [-0.39, 0.29) is 12.0 Å². The number of hydrogen-bond donors (Lipinski definition) is 0. The van der Waals surface area contributed by atoms with Gasteiger partial charge in [0.2, 0.25) is 5.91 Å². The summed E-state index contributed by atoms with van der Waals surface area (Å²) in [6, 6.07) is 7.86. The third kappa shape index (κ3) is 4.27. The topological polar surface area (TPSA) is 29.5 Å². The van der Waals surface area contributed by atoms with E-state index in [4.69, 9.17) is 4.74 Å². The summed E-state index contributed by atoms with van der Waals surface area (Å²) in [5.74, 6) is 1.08. The van der Waals surface area contributed by atoms with Crippen molar-refractivity contribution in [2.45, 2.75) is 45.6 Å². The van der Waals surface area contributed by atoms with E-state index >= 15 is 0 Å². The number of amides is 1. The Morgan fingerprint density at radius 1 is 1.26 bits per heavy atom. The van der Waals surface area contributed by atoms with Gasteiger partial charge < -0.3 is 9.64 Å². The molecule has 1 heterocycles. The average molecular weight is 261 g/mol. The highest BCUT2D eigenvalue weighted by Gasteiger charge is 2.16. The fourth-order valence-electron chi connectivity index (χ4n) is 2.43. The molecule has 0 aliphatic carbocycles. The molecule has 0 bridgehead atoms. The van der Waals surface area contributed by atoms with Crippen LogP contribution in [0.5, 0.6) is 5.75 Å². The van der Waals surface area contributed by atoms with Gasteiger partial charge in [-0.1, -0.05) is 12.1 Å². The lowest BCUT2D eigenvalue weighted by molar-refractivity contribution is -0.131. The Kier molecular flexibility index (Phi) is 4.83. The van der Waals surface area contributed by atoms with E-state index in [1.807, 2.05) is 43.0 Å². The molecule has 0 spiro atoms. The van der Waals surface area contributed by atoms with Gasteiger partial charge in [-0.25, -0.2) is 0 Å². The Labute approximate surface area is 115 Å². The number of benzene rings is 1. The third-order valence-electron chi connectivity index (χ3n) is 3.33. The van der Waals surface area contributed by atoms with Crippen LogP contribution < -0.4 is 4.74 Å². The summed E-state index contributed by atoms with van der Waals surface area (Å²) >= 11 is 0. The second-order valence-electron chi connectivity index (χ2n) is 5.43. The molecule has 3 heteroatoms. The maximum absolute atomic E-state index is 12.2. The molecule has 0 atom stereocenters. The molecule has 1 aliphatic heterocycles. The van der Waals surface area contributed by atoms with Crippen molar-refractivity contribution in [3.05, 3.63) is 29.8 Å². The van der Waals surface area contributed by atoms with Crippen LogP contribution in [0.4, 0.5) is 0 Å². The first kappa shape index (κ1) is 13.9. The van der Waals surface area contributed by atoms with Gasteiger partial charge in [0.25, 0.3) is 0 Å². The van der Waals surface area contributed by atoms with Gasteiger partial charge in [0.05, 0.1) is 12.5 Å². The van der Waals surface area contributed by atoms with Crippen LogP contribution in [0.1, 0.15) is 38.7 Å². The van der Waals surface area contributed by atoms with Crippen molar-refractivity contribution in [1.29, 1.82) is 0 Å². The molecule has 1 aromatic carbocycles. The molecule has 0 N–H and O–H groups in total. The second kappa shape index (κ2) is 6.60. The molecule has 104 valence electrons. The predicted molar refractivity (Wildman–Crippen MR) is 76.3 cm³/mol. The van der Waals surface area contributed by atoms with Crippen LogP contribution in [-0.2, 0) is 11.2 Å². The number of rotatable bonds is 4. The van der Waals surface area contributed by atoms with Crippen molar-refractivity contribution in [2.24, 2.45) is 0 Å². The lowest BCUT2D eigenvalue weighted by atomic mass is 10.1. The largest absolute Gasteiger partial charge is 0.491 e. The minimum Gasteiger partial charge on any atom is -0.491 e. The lowest BCUT2D eigenvalue weighted by Gasteiger charge is -2.26. The monoisotopic (exact) mass is 261 g/mol. The molecule has 1 aromatic rings. The molecular weight excluding hydrogens is 238 g/mol. The van der Waals surface area contributed by atoms with E-state index in [9.17, 15) is 4.79 Å². The first-order valence-electron chi connectivity index (χ1n) is 7.18. The highest BCUT2D eigenvalue weighted by Crippen LogP contribution is 2.17. The smallest absolute Gasteiger partial charge is 0.226 e. The Hall–Kier alpha value is -1.51. The lowest BCUT2D eigenvalue weighted by Crippen LogP contribution is -2.36. The van der Waals surface area contributed by atoms with Gasteiger partial charge >= 0.3 is 0 Å². The van der Waals surface area contributed by atoms with Crippen molar-refractivity contribution in [3.8, 4) is 5.75 Å². The van der Waals surface area contributed by atoms with E-state index in [1.54, 1.807) is 0 Å². The molecule has 19 heavy (non-hydrogen) atoms. The summed E-state index contributed by atoms with van der Waals surface area (Å²) in [7, 11) is 0. The van der Waals surface area contributed by atoms with E-state index < -0.39 is 0 Å². The van der Waals surface area contributed by atoms with Gasteiger partial charge in [0.1, 0.15) is 5.75 Å². The third-order valence-corrected chi connectivity index (χ3v) is 3.33. The molecule has 1 amide bonds. The van der Waals surface area contributed by atoms with Gasteiger partial charge in [0, 0.05) is 13.1 Å². The molecule has 0 saturated carbocycles. The summed E-state index contributed by atoms with van der Waals surface area (Å²) in [6.07, 6.45) is 4.18. The summed E-state index contributed by atoms with van der Waals surface area (Å²) in [5.41, 5.74) is 1.04. The highest BCUT2D eigenvalue weighted by atomic mass is 16.5. The number of hydrogen-bond acceptors (Lipinski definition) is 2. The molecular formula is C16H23NO2. The Morgan fingerprint density at radius 3 is 2.68 bits per heavy atom. The molecule has 0 aromatic heterocycles. The van der Waals surface area contributed by atoms with Gasteiger partial charge in [0.15, 0.2) is 0 Å². The predicted octanol–water partition coefficient (Wildman–Crippen LogP) is 3.03. The van der Waals surface area contributed by atoms with Crippen molar-refractivity contribution >= 4 is 5.91 Å². The fraction of sp³-hybridized carbons (Fsp3) is 0.562. The quantitative estimate of drug-likeness (QED) is 0.833. The molecule has 1 aliphatic rings. The van der Waals surface area contributed by atoms with Gasteiger partial charge in [-0.2, -0.15) is 0 Å². The number of ether oxygens (including phenoxy) is 1. The number of nitrogens with zero attached hydrogens (tertiary/aromatic N) is 1. The van der Waals surface area contributed by atoms with Gasteiger partial charge in [-0.3, -0.25) is 4.79 Å². The molecule has 2 rings (SSSR count). The zero-order valence-corrected chi connectivity index (χ0v) is 11.9. The maximum atomic E-state index is 12.2. The molecule has 0 unspecified atom stereocenters. The standard InChI is InChI=1S/C16H23NO2/c1-13(2)19-15-8-6-7-14(11-15)12-16(18)17-9-4-3-5-10-17/h6-8,11,13H,3-5,9-10,12H2,1-2H3. The van der Waals surface area contributed by atoms with Crippen molar-refractivity contribution in [2.75, 3.05) is 13.1 Å². The summed E-state index contributed by atoms with van der Waals surface area (Å²) in [6.45, 7) is 5.85. The van der Waals surface area contributed by atoms with Crippen LogP contribution in [0.25, 0.3) is 0 Å². The summed E-state index contributed by atoms with van der Waals surface area (Å²) in [5, 5.41) is 0. The van der Waals surface area contributed by atoms with E-state index in [2.05, 4.69) is 0 Å².